The molecule has 0 radical (unpaired) electrons. The van der Waals surface area contributed by atoms with Crippen molar-refractivity contribution < 1.29 is 24.1 Å². The first-order valence-electron chi connectivity index (χ1n) is 11.0. The second-order valence-corrected chi connectivity index (χ2v) is 8.81. The molecule has 0 aliphatic rings. The van der Waals surface area contributed by atoms with Crippen LogP contribution < -0.4 is 14.2 Å². The predicted octanol–water partition coefficient (Wildman–Crippen LogP) is 6.34. The molecule has 0 unspecified atom stereocenters. The smallest absolute Gasteiger partial charge is 0.341 e. The van der Waals surface area contributed by atoms with Crippen LogP contribution in [-0.4, -0.2) is 29.8 Å². The molecule has 0 aliphatic carbocycles. The molecule has 0 saturated carbocycles. The number of thiazole rings is 1. The predicted molar refractivity (Wildman–Crippen MR) is 138 cm³/mol. The summed E-state index contributed by atoms with van der Waals surface area (Å²) in [6.07, 6.45) is 4.15. The largest absolute Gasteiger partial charge is 0.497 e. The number of methoxy groups -OCH3 is 1. The Morgan fingerprint density at radius 2 is 1.71 bits per heavy atom. The van der Waals surface area contributed by atoms with E-state index in [1.807, 2.05) is 55.5 Å². The topological polar surface area (TPSA) is 77.9 Å². The number of benzene rings is 3. The van der Waals surface area contributed by atoms with Crippen molar-refractivity contribution in [3.63, 3.8) is 0 Å². The molecule has 6 nitrogen and oxygen atoms in total. The Balaban J connectivity index is 1.54. The first-order chi connectivity index (χ1) is 17.0. The number of aromatic nitrogens is 1. The molecule has 4 aromatic rings. The molecular formula is C28H25NO5S. The maximum Gasteiger partial charge on any atom is 0.341 e. The normalized spacial score (nSPS) is 10.9. The van der Waals surface area contributed by atoms with Crippen molar-refractivity contribution in [2.45, 2.75) is 13.5 Å². The molecule has 0 aliphatic heterocycles. The summed E-state index contributed by atoms with van der Waals surface area (Å²) in [6.45, 7) is 1.77. The molecule has 4 rings (SSSR count). The SMILES string of the molecule is COc1ccc(-c2nc(COc3ccc(OCC(=O)O)c(C)c3)sc2/C=C/c2ccccc2)cc1. The number of aryl methyl sites for hydroxylation is 1. The minimum absolute atomic E-state index is 0.307. The minimum Gasteiger partial charge on any atom is -0.497 e. The third-order valence-corrected chi connectivity index (χ3v) is 6.14. The number of carbonyl (C=O) groups is 1. The van der Waals surface area contributed by atoms with Gasteiger partial charge in [0.15, 0.2) is 6.61 Å². The van der Waals surface area contributed by atoms with Crippen LogP contribution in [0.15, 0.2) is 72.8 Å². The molecular weight excluding hydrogens is 462 g/mol. The number of hydrogen-bond acceptors (Lipinski definition) is 6. The maximum absolute atomic E-state index is 10.7. The quantitative estimate of drug-likeness (QED) is 0.281. The number of carboxylic acids is 1. The van der Waals surface area contributed by atoms with E-state index in [9.17, 15) is 4.79 Å². The lowest BCUT2D eigenvalue weighted by Crippen LogP contribution is -2.10. The molecule has 0 spiro atoms. The minimum atomic E-state index is -1.02. The van der Waals surface area contributed by atoms with Crippen molar-refractivity contribution in [2.75, 3.05) is 13.7 Å². The average molecular weight is 488 g/mol. The van der Waals surface area contributed by atoms with Crippen LogP contribution in [0.1, 0.15) is 21.0 Å². The zero-order valence-electron chi connectivity index (χ0n) is 19.4. The van der Waals surface area contributed by atoms with Crippen LogP contribution in [0.2, 0.25) is 0 Å². The first-order valence-corrected chi connectivity index (χ1v) is 11.8. The van der Waals surface area contributed by atoms with E-state index in [0.717, 1.165) is 38.0 Å². The third kappa shape index (κ3) is 6.49. The summed E-state index contributed by atoms with van der Waals surface area (Å²) in [6, 6.07) is 23.3. The van der Waals surface area contributed by atoms with Gasteiger partial charge < -0.3 is 19.3 Å². The van der Waals surface area contributed by atoms with E-state index in [0.29, 0.717) is 18.1 Å². The molecule has 7 heteroatoms. The lowest BCUT2D eigenvalue weighted by molar-refractivity contribution is -0.139. The van der Waals surface area contributed by atoms with E-state index in [1.54, 1.807) is 30.6 Å². The fraction of sp³-hybridized carbons (Fsp3) is 0.143. The van der Waals surface area contributed by atoms with Crippen LogP contribution in [-0.2, 0) is 11.4 Å². The zero-order valence-corrected chi connectivity index (χ0v) is 20.2. The van der Waals surface area contributed by atoms with Crippen molar-refractivity contribution in [2.24, 2.45) is 0 Å². The number of hydrogen-bond donors (Lipinski definition) is 1. The van der Waals surface area contributed by atoms with Crippen molar-refractivity contribution in [1.29, 1.82) is 0 Å². The Morgan fingerprint density at radius 3 is 2.40 bits per heavy atom. The Morgan fingerprint density at radius 1 is 0.971 bits per heavy atom. The highest BCUT2D eigenvalue weighted by atomic mass is 32.1. The summed E-state index contributed by atoms with van der Waals surface area (Å²) in [7, 11) is 1.65. The second kappa shape index (κ2) is 11.4. The standard InChI is InChI=1S/C28H25NO5S/c1-19-16-23(13-14-24(19)34-18-27(30)31)33-17-26-29-28(21-9-11-22(32-2)12-10-21)25(35-26)15-8-20-6-4-3-5-7-20/h3-16H,17-18H2,1-2H3,(H,30,31)/b15-8+. The van der Waals surface area contributed by atoms with Crippen LogP contribution in [0.25, 0.3) is 23.4 Å². The third-order valence-electron chi connectivity index (χ3n) is 5.15. The van der Waals surface area contributed by atoms with Crippen LogP contribution >= 0.6 is 11.3 Å². The number of nitrogens with zero attached hydrogens (tertiary/aromatic N) is 1. The molecule has 35 heavy (non-hydrogen) atoms. The number of carboxylic acid groups (broad SMARTS) is 1. The molecule has 178 valence electrons. The van der Waals surface area contributed by atoms with E-state index in [4.69, 9.17) is 24.3 Å². The number of ether oxygens (including phenoxy) is 3. The average Bonchev–Trinajstić information content (AvgIpc) is 3.29. The molecule has 0 atom stereocenters. The van der Waals surface area contributed by atoms with Crippen molar-refractivity contribution in [3.05, 3.63) is 93.8 Å². The highest BCUT2D eigenvalue weighted by Crippen LogP contribution is 2.32. The molecule has 0 saturated heterocycles. The van der Waals surface area contributed by atoms with Gasteiger partial charge in [0.25, 0.3) is 0 Å². The molecule has 0 bridgehead atoms. The lowest BCUT2D eigenvalue weighted by Gasteiger charge is -2.09. The summed E-state index contributed by atoms with van der Waals surface area (Å²) < 4.78 is 16.6. The molecule has 0 amide bonds. The van der Waals surface area contributed by atoms with Gasteiger partial charge in [0, 0.05) is 5.56 Å². The molecule has 0 fully saturated rings. The van der Waals surface area contributed by atoms with Crippen LogP contribution in [0, 0.1) is 6.92 Å². The monoisotopic (exact) mass is 487 g/mol. The van der Waals surface area contributed by atoms with E-state index >= 15 is 0 Å². The van der Waals surface area contributed by atoms with Gasteiger partial charge in [-0.25, -0.2) is 9.78 Å². The van der Waals surface area contributed by atoms with E-state index in [-0.39, 0.29) is 6.61 Å². The highest BCUT2D eigenvalue weighted by Gasteiger charge is 2.13. The number of aliphatic carboxylic acids is 1. The van der Waals surface area contributed by atoms with Gasteiger partial charge in [-0.15, -0.1) is 11.3 Å². The lowest BCUT2D eigenvalue weighted by atomic mass is 10.1. The van der Waals surface area contributed by atoms with Gasteiger partial charge in [0.1, 0.15) is 28.9 Å². The van der Waals surface area contributed by atoms with Crippen LogP contribution in [0.3, 0.4) is 0 Å². The Hall–Kier alpha value is -4.10. The van der Waals surface area contributed by atoms with Gasteiger partial charge in [-0.05, 0) is 66.6 Å². The van der Waals surface area contributed by atoms with Crippen molar-refractivity contribution in [3.8, 4) is 28.5 Å². The molecule has 3 aromatic carbocycles. The highest BCUT2D eigenvalue weighted by molar-refractivity contribution is 7.13. The van der Waals surface area contributed by atoms with Gasteiger partial charge in [-0.1, -0.05) is 36.4 Å². The van der Waals surface area contributed by atoms with Crippen molar-refractivity contribution in [1.82, 2.24) is 4.98 Å². The Kier molecular flexibility index (Phi) is 7.80. The summed E-state index contributed by atoms with van der Waals surface area (Å²) in [5.41, 5.74) is 3.79. The fourth-order valence-electron chi connectivity index (χ4n) is 3.40. The first kappa shape index (κ1) is 24.0. The van der Waals surface area contributed by atoms with E-state index in [2.05, 4.69) is 24.3 Å². The van der Waals surface area contributed by atoms with Gasteiger partial charge in [0.05, 0.1) is 17.7 Å². The Labute approximate surface area is 208 Å². The molecule has 1 N–H and O–H groups in total. The van der Waals surface area contributed by atoms with Gasteiger partial charge in [-0.2, -0.15) is 0 Å². The van der Waals surface area contributed by atoms with Gasteiger partial charge in [-0.3, -0.25) is 0 Å². The summed E-state index contributed by atoms with van der Waals surface area (Å²) in [5, 5.41) is 9.64. The van der Waals surface area contributed by atoms with Crippen LogP contribution in [0.5, 0.6) is 17.2 Å². The summed E-state index contributed by atoms with van der Waals surface area (Å²) >= 11 is 1.58. The Bertz CT molecular complexity index is 1310. The van der Waals surface area contributed by atoms with Crippen molar-refractivity contribution >= 4 is 29.5 Å². The number of rotatable bonds is 10. The summed E-state index contributed by atoms with van der Waals surface area (Å²) in [5.74, 6) is 0.954. The van der Waals surface area contributed by atoms with Crippen LogP contribution in [0.4, 0.5) is 0 Å². The van der Waals surface area contributed by atoms with Gasteiger partial charge in [0.2, 0.25) is 0 Å². The van der Waals surface area contributed by atoms with E-state index < -0.39 is 5.97 Å². The van der Waals surface area contributed by atoms with E-state index in [1.165, 1.54) is 0 Å². The fourth-order valence-corrected chi connectivity index (χ4v) is 4.31. The maximum atomic E-state index is 10.7. The molecule has 1 aromatic heterocycles. The second-order valence-electron chi connectivity index (χ2n) is 7.69. The summed E-state index contributed by atoms with van der Waals surface area (Å²) in [4.78, 5) is 16.6. The van der Waals surface area contributed by atoms with Gasteiger partial charge >= 0.3 is 5.97 Å². The molecule has 1 heterocycles. The zero-order chi connectivity index (χ0) is 24.6.